The number of rotatable bonds is 4. The van der Waals surface area contributed by atoms with Gasteiger partial charge in [-0.25, -0.2) is 0 Å². The maximum absolute atomic E-state index is 13.1. The predicted molar refractivity (Wildman–Crippen MR) is 97.1 cm³/mol. The van der Waals surface area contributed by atoms with E-state index in [0.29, 0.717) is 32.8 Å². The Hall–Kier alpha value is -1.84. The van der Waals surface area contributed by atoms with Gasteiger partial charge in [-0.15, -0.1) is 0 Å². The van der Waals surface area contributed by atoms with Crippen LogP contribution >= 0.6 is 11.6 Å². The van der Waals surface area contributed by atoms with Crippen LogP contribution in [0.4, 0.5) is 18.9 Å². The van der Waals surface area contributed by atoms with E-state index in [1.807, 2.05) is 0 Å². The molecule has 2 saturated heterocycles. The molecule has 6 nitrogen and oxygen atoms in total. The maximum Gasteiger partial charge on any atom is 0.418 e. The fourth-order valence-electron chi connectivity index (χ4n) is 3.36. The van der Waals surface area contributed by atoms with Crippen molar-refractivity contribution in [2.75, 3.05) is 44.6 Å². The monoisotopic (exact) mass is 419 g/mol. The summed E-state index contributed by atoms with van der Waals surface area (Å²) in [6.07, 6.45) is -3.40. The standard InChI is InChI=1S/C18H21ClF3N3O3/c19-12-3-4-14(13(10-12)18(20,21)22)23-16(26)11-24-5-7-25(8-6-24)17(27)15-2-1-9-28-15/h3-4,10,15H,1-2,5-9,11H2,(H,23,26). The highest BCUT2D eigenvalue weighted by Crippen LogP contribution is 2.36. The lowest BCUT2D eigenvalue weighted by Gasteiger charge is -2.35. The highest BCUT2D eigenvalue weighted by atomic mass is 35.5. The normalized spacial score (nSPS) is 21.0. The smallest absolute Gasteiger partial charge is 0.368 e. The van der Waals surface area contributed by atoms with Crippen molar-refractivity contribution in [3.8, 4) is 0 Å². The van der Waals surface area contributed by atoms with Gasteiger partial charge in [0.05, 0.1) is 17.8 Å². The second-order valence-electron chi connectivity index (χ2n) is 6.84. The third-order valence-corrected chi connectivity index (χ3v) is 5.05. The van der Waals surface area contributed by atoms with Crippen molar-refractivity contribution < 1.29 is 27.5 Å². The molecular weight excluding hydrogens is 399 g/mol. The third kappa shape index (κ3) is 5.15. The van der Waals surface area contributed by atoms with Crippen LogP contribution in [0.2, 0.25) is 5.02 Å². The zero-order chi connectivity index (χ0) is 20.3. The molecule has 1 unspecified atom stereocenters. The molecule has 2 aliphatic heterocycles. The first-order chi connectivity index (χ1) is 13.2. The zero-order valence-electron chi connectivity index (χ0n) is 15.1. The number of hydrogen-bond acceptors (Lipinski definition) is 4. The third-order valence-electron chi connectivity index (χ3n) is 4.82. The number of anilines is 1. The van der Waals surface area contributed by atoms with Crippen molar-refractivity contribution >= 4 is 29.1 Å². The SMILES string of the molecule is O=C(CN1CCN(C(=O)C2CCCO2)CC1)Nc1ccc(Cl)cc1C(F)(F)F. The van der Waals surface area contributed by atoms with Gasteiger partial charge in [-0.2, -0.15) is 13.2 Å². The first-order valence-electron chi connectivity index (χ1n) is 9.03. The summed E-state index contributed by atoms with van der Waals surface area (Å²) in [6, 6.07) is 3.22. The van der Waals surface area contributed by atoms with Crippen molar-refractivity contribution in [2.24, 2.45) is 0 Å². The number of nitrogens with zero attached hydrogens (tertiary/aromatic N) is 2. The summed E-state index contributed by atoms with van der Waals surface area (Å²) in [5, 5.41) is 2.25. The minimum absolute atomic E-state index is 0.0300. The van der Waals surface area contributed by atoms with E-state index in [0.717, 1.165) is 25.0 Å². The Morgan fingerprint density at radius 1 is 1.21 bits per heavy atom. The number of carbonyl (C=O) groups is 2. The van der Waals surface area contributed by atoms with E-state index in [9.17, 15) is 22.8 Å². The van der Waals surface area contributed by atoms with Crippen LogP contribution < -0.4 is 5.32 Å². The fourth-order valence-corrected chi connectivity index (χ4v) is 3.53. The minimum atomic E-state index is -4.62. The van der Waals surface area contributed by atoms with Gasteiger partial charge in [0, 0.05) is 37.8 Å². The number of piperazine rings is 1. The Morgan fingerprint density at radius 2 is 1.93 bits per heavy atom. The maximum atomic E-state index is 13.1. The predicted octanol–water partition coefficient (Wildman–Crippen LogP) is 2.62. The van der Waals surface area contributed by atoms with Crippen LogP contribution in [-0.4, -0.2) is 67.0 Å². The molecule has 2 heterocycles. The second kappa shape index (κ2) is 8.67. The van der Waals surface area contributed by atoms with Crippen molar-refractivity contribution in [1.29, 1.82) is 0 Å². The van der Waals surface area contributed by atoms with Gasteiger partial charge in [-0.05, 0) is 31.0 Å². The van der Waals surface area contributed by atoms with E-state index in [1.54, 1.807) is 9.80 Å². The van der Waals surface area contributed by atoms with Gasteiger partial charge >= 0.3 is 6.18 Å². The number of amides is 2. The molecule has 1 aromatic rings. The van der Waals surface area contributed by atoms with Crippen LogP contribution in [0.25, 0.3) is 0 Å². The zero-order valence-corrected chi connectivity index (χ0v) is 15.9. The Morgan fingerprint density at radius 3 is 2.54 bits per heavy atom. The van der Waals surface area contributed by atoms with Gasteiger partial charge < -0.3 is 15.0 Å². The topological polar surface area (TPSA) is 61.9 Å². The number of alkyl halides is 3. The Bertz CT molecular complexity index is 731. The van der Waals surface area contributed by atoms with E-state index < -0.39 is 17.6 Å². The number of nitrogens with one attached hydrogen (secondary N) is 1. The first-order valence-corrected chi connectivity index (χ1v) is 9.41. The van der Waals surface area contributed by atoms with E-state index in [-0.39, 0.29) is 29.3 Å². The quantitative estimate of drug-likeness (QED) is 0.815. The van der Waals surface area contributed by atoms with E-state index in [1.165, 1.54) is 6.07 Å². The highest BCUT2D eigenvalue weighted by Gasteiger charge is 2.34. The molecule has 0 aliphatic carbocycles. The number of hydrogen-bond donors (Lipinski definition) is 1. The lowest BCUT2D eigenvalue weighted by molar-refractivity contribution is -0.142. The van der Waals surface area contributed by atoms with Gasteiger partial charge in [0.15, 0.2) is 0 Å². The van der Waals surface area contributed by atoms with Crippen LogP contribution in [0, 0.1) is 0 Å². The molecule has 2 fully saturated rings. The molecule has 1 atom stereocenters. The van der Waals surface area contributed by atoms with E-state index in [2.05, 4.69) is 5.32 Å². The summed E-state index contributed by atoms with van der Waals surface area (Å²) in [5.41, 5.74) is -1.31. The summed E-state index contributed by atoms with van der Waals surface area (Å²) in [7, 11) is 0. The van der Waals surface area contributed by atoms with Crippen molar-refractivity contribution in [3.05, 3.63) is 28.8 Å². The molecule has 0 spiro atoms. The average molecular weight is 420 g/mol. The molecule has 0 bridgehead atoms. The van der Waals surface area contributed by atoms with Crippen LogP contribution in [0.5, 0.6) is 0 Å². The van der Waals surface area contributed by atoms with E-state index in [4.69, 9.17) is 16.3 Å². The fraction of sp³-hybridized carbons (Fsp3) is 0.556. The average Bonchev–Trinajstić information content (AvgIpc) is 3.17. The molecule has 2 amide bonds. The van der Waals surface area contributed by atoms with Crippen LogP contribution in [-0.2, 0) is 20.5 Å². The molecule has 10 heteroatoms. The molecule has 154 valence electrons. The van der Waals surface area contributed by atoms with Gasteiger partial charge in [0.2, 0.25) is 5.91 Å². The minimum Gasteiger partial charge on any atom is -0.368 e. The molecule has 2 aliphatic rings. The van der Waals surface area contributed by atoms with Crippen molar-refractivity contribution in [2.45, 2.75) is 25.1 Å². The van der Waals surface area contributed by atoms with Gasteiger partial charge in [0.25, 0.3) is 5.91 Å². The molecule has 3 rings (SSSR count). The number of halogens is 4. The molecule has 28 heavy (non-hydrogen) atoms. The lowest BCUT2D eigenvalue weighted by atomic mass is 10.1. The van der Waals surface area contributed by atoms with E-state index >= 15 is 0 Å². The van der Waals surface area contributed by atoms with Gasteiger partial charge in [-0.1, -0.05) is 11.6 Å². The van der Waals surface area contributed by atoms with Gasteiger partial charge in [0.1, 0.15) is 6.10 Å². The molecular formula is C18H21ClF3N3O3. The van der Waals surface area contributed by atoms with Crippen LogP contribution in [0.1, 0.15) is 18.4 Å². The molecule has 0 saturated carbocycles. The van der Waals surface area contributed by atoms with Crippen LogP contribution in [0.3, 0.4) is 0 Å². The molecule has 0 aromatic heterocycles. The van der Waals surface area contributed by atoms with Crippen molar-refractivity contribution in [1.82, 2.24) is 9.80 Å². The van der Waals surface area contributed by atoms with Crippen LogP contribution in [0.15, 0.2) is 18.2 Å². The number of ether oxygens (including phenoxy) is 1. The largest absolute Gasteiger partial charge is 0.418 e. The molecule has 1 aromatic carbocycles. The summed E-state index contributed by atoms with van der Waals surface area (Å²) in [5.74, 6) is -0.579. The Kier molecular flexibility index (Phi) is 6.47. The highest BCUT2D eigenvalue weighted by molar-refractivity contribution is 6.30. The summed E-state index contributed by atoms with van der Waals surface area (Å²) >= 11 is 5.64. The molecule has 0 radical (unpaired) electrons. The Balaban J connectivity index is 1.52. The molecule has 1 N–H and O–H groups in total. The lowest BCUT2D eigenvalue weighted by Crippen LogP contribution is -2.52. The number of benzene rings is 1. The summed E-state index contributed by atoms with van der Waals surface area (Å²) < 4.78 is 44.8. The Labute approximate surface area is 165 Å². The van der Waals surface area contributed by atoms with Gasteiger partial charge in [-0.3, -0.25) is 14.5 Å². The van der Waals surface area contributed by atoms with Crippen molar-refractivity contribution in [3.63, 3.8) is 0 Å². The second-order valence-corrected chi connectivity index (χ2v) is 7.28. The first kappa shape index (κ1) is 20.9. The number of carbonyl (C=O) groups excluding carboxylic acids is 2. The summed E-state index contributed by atoms with van der Waals surface area (Å²) in [4.78, 5) is 28.0. The summed E-state index contributed by atoms with van der Waals surface area (Å²) in [6.45, 7) is 2.40.